The monoisotopic (exact) mass is 194 g/mol. The molecule has 1 rings (SSSR count). The molecule has 0 heterocycles. The van der Waals surface area contributed by atoms with Crippen LogP contribution in [0.1, 0.15) is 0 Å². The molecule has 0 saturated heterocycles. The van der Waals surface area contributed by atoms with E-state index in [1.807, 2.05) is 30.3 Å². The summed E-state index contributed by atoms with van der Waals surface area (Å²) < 4.78 is 0. The highest BCUT2D eigenvalue weighted by Gasteiger charge is 1.78. The number of thiol groups is 1. The van der Waals surface area contributed by atoms with Gasteiger partial charge in [-0.3, -0.25) is 0 Å². The molecule has 0 fully saturated rings. The number of nitrogens with zero attached hydrogens (tertiary/aromatic N) is 2. The highest BCUT2D eigenvalue weighted by atomic mass is 32.1. The molecule has 0 aliphatic heterocycles. The first-order valence-electron chi connectivity index (χ1n) is 3.21. The van der Waals surface area contributed by atoms with Crippen LogP contribution in [0, 0.1) is 0 Å². The van der Waals surface area contributed by atoms with Crippen molar-refractivity contribution in [2.45, 2.75) is 4.90 Å². The number of hydrogen-bond acceptors (Lipinski definition) is 3. The minimum Gasteiger partial charge on any atom is -0.105 e. The maximum absolute atomic E-state index is 4.33. The van der Waals surface area contributed by atoms with E-state index < -0.39 is 0 Å². The number of hydrogen-bond donors (Lipinski definition) is 1. The molecular weight excluding hydrogens is 188 g/mol. The van der Waals surface area contributed by atoms with Gasteiger partial charge in [0.05, 0.1) is 5.16 Å². The number of benzene rings is 1. The molecule has 4 heteroatoms. The summed E-state index contributed by atoms with van der Waals surface area (Å²) in [5.74, 6) is 0. The summed E-state index contributed by atoms with van der Waals surface area (Å²) in [5, 5.41) is 11.7. The summed E-state index contributed by atoms with van der Waals surface area (Å²) in [6.45, 7) is 0. The van der Waals surface area contributed by atoms with Crippen molar-refractivity contribution in [3.05, 3.63) is 30.3 Å². The Kier molecular flexibility index (Phi) is 4.21. The molecule has 0 atom stereocenters. The van der Waals surface area contributed by atoms with Crippen LogP contribution in [0.25, 0.3) is 0 Å². The molecule has 0 bridgehead atoms. The van der Waals surface area contributed by atoms with Crippen LogP contribution < -0.4 is 0 Å². The minimum atomic E-state index is 0.891. The van der Waals surface area contributed by atoms with Gasteiger partial charge in [0.15, 0.2) is 0 Å². The molecule has 0 aliphatic rings. The van der Waals surface area contributed by atoms with Gasteiger partial charge in [-0.05, 0) is 24.4 Å². The zero-order valence-corrected chi connectivity index (χ0v) is 7.85. The Morgan fingerprint density at radius 3 is 2.58 bits per heavy atom. The van der Waals surface area contributed by atoms with E-state index in [2.05, 4.69) is 32.7 Å². The Hall–Kier alpha value is -1.05. The van der Waals surface area contributed by atoms with Crippen molar-refractivity contribution < 1.29 is 0 Å². The minimum absolute atomic E-state index is 0.891. The van der Waals surface area contributed by atoms with Gasteiger partial charge in [0, 0.05) is 10.1 Å². The quantitative estimate of drug-likeness (QED) is 0.332. The van der Waals surface area contributed by atoms with E-state index in [0.717, 1.165) is 16.2 Å². The topological polar surface area (TPSA) is 24.7 Å². The maximum Gasteiger partial charge on any atom is 0.0879 e. The third-order valence-corrected chi connectivity index (χ3v) is 1.90. The van der Waals surface area contributed by atoms with E-state index in [1.54, 1.807) is 0 Å². The average molecular weight is 194 g/mol. The zero-order chi connectivity index (χ0) is 8.65. The Morgan fingerprint density at radius 1 is 1.17 bits per heavy atom. The van der Waals surface area contributed by atoms with E-state index in [1.165, 1.54) is 0 Å². The lowest BCUT2D eigenvalue weighted by atomic mass is 10.4. The van der Waals surface area contributed by atoms with Crippen LogP contribution >= 0.6 is 23.6 Å². The Labute approximate surface area is 79.6 Å². The fourth-order valence-electron chi connectivity index (χ4n) is 0.625. The van der Waals surface area contributed by atoms with E-state index in [4.69, 9.17) is 0 Å². The highest BCUT2D eigenvalue weighted by Crippen LogP contribution is 2.06. The molecule has 2 nitrogen and oxygen atoms in total. The van der Waals surface area contributed by atoms with Gasteiger partial charge in [-0.2, -0.15) is 0 Å². The van der Waals surface area contributed by atoms with Crippen molar-refractivity contribution in [3.8, 4) is 0 Å². The summed E-state index contributed by atoms with van der Waals surface area (Å²) in [6, 6.07) is 9.88. The van der Waals surface area contributed by atoms with Gasteiger partial charge < -0.3 is 0 Å². The van der Waals surface area contributed by atoms with Gasteiger partial charge in [0.25, 0.3) is 0 Å². The van der Waals surface area contributed by atoms with Crippen LogP contribution in [0.15, 0.2) is 45.4 Å². The molecule has 0 aromatic heterocycles. The first kappa shape index (κ1) is 9.04. The smallest absolute Gasteiger partial charge is 0.0879 e. The largest absolute Gasteiger partial charge is 0.105 e. The number of thiocarbonyl (C=S) groups is 1. The molecule has 0 N–H and O–H groups in total. The summed E-state index contributed by atoms with van der Waals surface area (Å²) in [4.78, 5) is 1.13. The molecule has 0 aliphatic carbocycles. The predicted molar refractivity (Wildman–Crippen MR) is 56.2 cm³/mol. The zero-order valence-electron chi connectivity index (χ0n) is 6.14. The fourth-order valence-corrected chi connectivity index (χ4v) is 1.19. The van der Waals surface area contributed by atoms with Crippen LogP contribution in [-0.4, -0.2) is 10.3 Å². The third kappa shape index (κ3) is 3.37. The molecule has 0 spiro atoms. The van der Waals surface area contributed by atoms with Crippen LogP contribution in [-0.2, 0) is 0 Å². The fraction of sp³-hybridized carbons (Fsp3) is 0. The Balaban J connectivity index is 2.76. The van der Waals surface area contributed by atoms with Crippen molar-refractivity contribution in [3.63, 3.8) is 0 Å². The van der Waals surface area contributed by atoms with Crippen molar-refractivity contribution in [1.29, 1.82) is 0 Å². The molecule has 60 valence electrons. The normalized spacial score (nSPS) is 8.00. The first-order valence-corrected chi connectivity index (χ1v) is 4.51. The highest BCUT2D eigenvalue weighted by molar-refractivity contribution is 7.97. The van der Waals surface area contributed by atoms with Crippen molar-refractivity contribution in [1.82, 2.24) is 0 Å². The summed E-state index contributed by atoms with van der Waals surface area (Å²) in [7, 11) is 0. The van der Waals surface area contributed by atoms with Crippen LogP contribution in [0.2, 0.25) is 0 Å². The molecule has 12 heavy (non-hydrogen) atoms. The van der Waals surface area contributed by atoms with Crippen LogP contribution in [0.3, 0.4) is 0 Å². The molecule has 0 radical (unpaired) electrons. The van der Waals surface area contributed by atoms with E-state index in [9.17, 15) is 0 Å². The van der Waals surface area contributed by atoms with Crippen molar-refractivity contribution in [2.24, 2.45) is 10.2 Å². The second-order valence-electron chi connectivity index (χ2n) is 1.84. The maximum atomic E-state index is 4.33. The lowest BCUT2D eigenvalue weighted by Crippen LogP contribution is -1.61. The van der Waals surface area contributed by atoms with Gasteiger partial charge in [0.2, 0.25) is 0 Å². The van der Waals surface area contributed by atoms with Gasteiger partial charge in [-0.1, -0.05) is 28.4 Å². The molecular formula is C8H6N2S2. The Morgan fingerprint density at radius 2 is 1.92 bits per heavy atom. The van der Waals surface area contributed by atoms with Gasteiger partial charge >= 0.3 is 0 Å². The summed E-state index contributed by atoms with van der Waals surface area (Å²) in [6.07, 6.45) is 0. The average Bonchev–Trinajstić information content (AvgIpc) is 2.14. The second kappa shape index (κ2) is 5.58. The van der Waals surface area contributed by atoms with Gasteiger partial charge in [-0.15, -0.1) is 11.4 Å². The van der Waals surface area contributed by atoms with Crippen molar-refractivity contribution in [2.75, 3.05) is 0 Å². The van der Waals surface area contributed by atoms with Crippen LogP contribution in [0.5, 0.6) is 0 Å². The van der Waals surface area contributed by atoms with E-state index >= 15 is 0 Å². The predicted octanol–water partition coefficient (Wildman–Crippen LogP) is 2.43. The van der Waals surface area contributed by atoms with Gasteiger partial charge in [-0.25, -0.2) is 0 Å². The van der Waals surface area contributed by atoms with Gasteiger partial charge in [0.1, 0.15) is 0 Å². The SMILES string of the molecule is S=C=NN=C=[SH]c1ccccc1. The molecule has 1 aromatic carbocycles. The lowest BCUT2D eigenvalue weighted by molar-refractivity contribution is 1.29. The van der Waals surface area contributed by atoms with Crippen LogP contribution in [0.4, 0.5) is 0 Å². The molecule has 1 aromatic rings. The third-order valence-electron chi connectivity index (χ3n) is 1.07. The van der Waals surface area contributed by atoms with E-state index in [0.29, 0.717) is 0 Å². The Bertz CT molecular complexity index is 347. The molecule has 0 saturated carbocycles. The standard InChI is InChI=1S/C8H6N2S2/c11-6-9-10-7-12-8-4-2-1-3-5-8/h1-5,12H. The van der Waals surface area contributed by atoms with Crippen molar-refractivity contribution >= 4 is 33.9 Å². The number of isothiocyanates is 2. The second-order valence-corrected chi connectivity index (χ2v) is 2.96. The number of rotatable bonds is 2. The first-order chi connectivity index (χ1) is 5.93. The van der Waals surface area contributed by atoms with E-state index in [-0.39, 0.29) is 0 Å². The lowest BCUT2D eigenvalue weighted by Gasteiger charge is -1.85. The summed E-state index contributed by atoms with van der Waals surface area (Å²) in [5.41, 5.74) is 0. The summed E-state index contributed by atoms with van der Waals surface area (Å²) >= 11 is 5.22. The molecule has 0 unspecified atom stereocenters. The molecule has 0 amide bonds.